The lowest BCUT2D eigenvalue weighted by atomic mass is 9.98. The standard InChI is InChI=1S/C25H36N4O7/c1-3-15(2)21(26)23(33)27-17(11-12-20(30)31)24(34)29-13-7-10-19(29)22(32)28-18(25(35)36)14-16-8-5-4-6-9-16/h4-6,8-9,15,17-19,21H,3,7,10-14,26H2,1-2H3,(H,27,33)(H,28,32)(H,30,31)(H,35,36). The number of carbonyl (C=O) groups excluding carboxylic acids is 3. The summed E-state index contributed by atoms with van der Waals surface area (Å²) in [6.45, 7) is 3.90. The minimum atomic E-state index is -1.20. The molecule has 1 aliphatic heterocycles. The summed E-state index contributed by atoms with van der Waals surface area (Å²) in [6, 6.07) is 4.70. The molecule has 6 N–H and O–H groups in total. The summed E-state index contributed by atoms with van der Waals surface area (Å²) < 4.78 is 0. The molecule has 36 heavy (non-hydrogen) atoms. The highest BCUT2D eigenvalue weighted by molar-refractivity contribution is 5.94. The highest BCUT2D eigenvalue weighted by atomic mass is 16.4. The van der Waals surface area contributed by atoms with Crippen LogP contribution in [0.15, 0.2) is 30.3 Å². The van der Waals surface area contributed by atoms with Gasteiger partial charge in [0.25, 0.3) is 0 Å². The number of carboxylic acids is 2. The van der Waals surface area contributed by atoms with E-state index in [-0.39, 0.29) is 31.7 Å². The maximum absolute atomic E-state index is 13.4. The Labute approximate surface area is 210 Å². The summed E-state index contributed by atoms with van der Waals surface area (Å²) in [4.78, 5) is 63.3. The summed E-state index contributed by atoms with van der Waals surface area (Å²) in [5, 5.41) is 23.8. The number of nitrogens with zero attached hydrogens (tertiary/aromatic N) is 1. The molecule has 1 saturated heterocycles. The molecule has 0 bridgehead atoms. The van der Waals surface area contributed by atoms with Crippen LogP contribution in [0, 0.1) is 5.92 Å². The number of benzene rings is 1. The average molecular weight is 505 g/mol. The highest BCUT2D eigenvalue weighted by Crippen LogP contribution is 2.20. The minimum Gasteiger partial charge on any atom is -0.481 e. The molecule has 0 saturated carbocycles. The number of hydrogen-bond donors (Lipinski definition) is 5. The van der Waals surface area contributed by atoms with E-state index in [0.29, 0.717) is 19.3 Å². The molecule has 1 aliphatic rings. The predicted octanol–water partition coefficient (Wildman–Crippen LogP) is 0.513. The molecule has 5 unspecified atom stereocenters. The first-order valence-electron chi connectivity index (χ1n) is 12.2. The van der Waals surface area contributed by atoms with Gasteiger partial charge < -0.3 is 31.5 Å². The van der Waals surface area contributed by atoms with Gasteiger partial charge in [-0.1, -0.05) is 50.6 Å². The van der Waals surface area contributed by atoms with Gasteiger partial charge in [0.15, 0.2) is 0 Å². The Hall–Kier alpha value is -3.47. The van der Waals surface area contributed by atoms with E-state index in [1.165, 1.54) is 4.90 Å². The molecule has 11 nitrogen and oxygen atoms in total. The third-order valence-electron chi connectivity index (χ3n) is 6.56. The van der Waals surface area contributed by atoms with Gasteiger partial charge in [0.2, 0.25) is 17.7 Å². The molecule has 0 radical (unpaired) electrons. The van der Waals surface area contributed by atoms with Crippen LogP contribution in [0.25, 0.3) is 0 Å². The van der Waals surface area contributed by atoms with Crippen LogP contribution in [0.5, 0.6) is 0 Å². The van der Waals surface area contributed by atoms with Gasteiger partial charge in [-0.15, -0.1) is 0 Å². The fourth-order valence-corrected chi connectivity index (χ4v) is 4.13. The number of amides is 3. The van der Waals surface area contributed by atoms with Crippen LogP contribution in [-0.2, 0) is 30.4 Å². The normalized spacial score (nSPS) is 18.5. The van der Waals surface area contributed by atoms with Crippen LogP contribution >= 0.6 is 0 Å². The second-order valence-corrected chi connectivity index (χ2v) is 9.18. The molecule has 2 rings (SSSR count). The second-order valence-electron chi connectivity index (χ2n) is 9.18. The van der Waals surface area contributed by atoms with Gasteiger partial charge in [0.1, 0.15) is 18.1 Å². The summed E-state index contributed by atoms with van der Waals surface area (Å²) in [6.07, 6.45) is 1.02. The molecule has 0 aliphatic carbocycles. The maximum Gasteiger partial charge on any atom is 0.326 e. The van der Waals surface area contributed by atoms with Crippen molar-refractivity contribution in [2.75, 3.05) is 6.54 Å². The molecule has 5 atom stereocenters. The Morgan fingerprint density at radius 2 is 1.75 bits per heavy atom. The van der Waals surface area contributed by atoms with Gasteiger partial charge in [0, 0.05) is 19.4 Å². The number of hydrogen-bond acceptors (Lipinski definition) is 6. The molecule has 1 aromatic carbocycles. The fraction of sp³-hybridized carbons (Fsp3) is 0.560. The number of aliphatic carboxylic acids is 2. The predicted molar refractivity (Wildman–Crippen MR) is 131 cm³/mol. The number of nitrogens with one attached hydrogen (secondary N) is 2. The lowest BCUT2D eigenvalue weighted by Crippen LogP contribution is -2.57. The van der Waals surface area contributed by atoms with Crippen LogP contribution < -0.4 is 16.4 Å². The molecule has 0 aromatic heterocycles. The molecule has 0 spiro atoms. The lowest BCUT2D eigenvalue weighted by molar-refractivity contribution is -0.145. The van der Waals surface area contributed by atoms with Gasteiger partial charge in [-0.2, -0.15) is 0 Å². The molecule has 198 valence electrons. The van der Waals surface area contributed by atoms with Gasteiger partial charge in [-0.3, -0.25) is 19.2 Å². The first-order chi connectivity index (χ1) is 17.0. The molecule has 3 amide bonds. The second kappa shape index (κ2) is 13.6. The zero-order chi connectivity index (χ0) is 26.8. The number of carbonyl (C=O) groups is 5. The Balaban J connectivity index is 2.14. The van der Waals surface area contributed by atoms with E-state index in [1.807, 2.05) is 6.92 Å². The molecule has 1 fully saturated rings. The molecular weight excluding hydrogens is 468 g/mol. The van der Waals surface area contributed by atoms with E-state index in [1.54, 1.807) is 37.3 Å². The first kappa shape index (κ1) is 28.8. The number of nitrogens with two attached hydrogens (primary N) is 1. The SMILES string of the molecule is CCC(C)C(N)C(=O)NC(CCC(=O)O)C(=O)N1CCCC1C(=O)NC(Cc1ccccc1)C(=O)O. The van der Waals surface area contributed by atoms with Gasteiger partial charge in [-0.05, 0) is 30.7 Å². The Kier molecular flexibility index (Phi) is 10.8. The van der Waals surface area contributed by atoms with Crippen molar-refractivity contribution in [1.29, 1.82) is 0 Å². The Bertz CT molecular complexity index is 940. The van der Waals surface area contributed by atoms with Gasteiger partial charge >= 0.3 is 11.9 Å². The van der Waals surface area contributed by atoms with E-state index in [0.717, 1.165) is 5.56 Å². The van der Waals surface area contributed by atoms with Crippen molar-refractivity contribution in [3.05, 3.63) is 35.9 Å². The van der Waals surface area contributed by atoms with E-state index < -0.39 is 53.8 Å². The summed E-state index contributed by atoms with van der Waals surface area (Å²) >= 11 is 0. The number of likely N-dealkylation sites (tertiary alicyclic amines) is 1. The largest absolute Gasteiger partial charge is 0.481 e. The summed E-state index contributed by atoms with van der Waals surface area (Å²) in [7, 11) is 0. The van der Waals surface area contributed by atoms with E-state index in [2.05, 4.69) is 10.6 Å². The highest BCUT2D eigenvalue weighted by Gasteiger charge is 2.39. The monoisotopic (exact) mass is 504 g/mol. The zero-order valence-corrected chi connectivity index (χ0v) is 20.7. The summed E-state index contributed by atoms with van der Waals surface area (Å²) in [5.74, 6) is -4.24. The number of carboxylic acid groups (broad SMARTS) is 2. The molecule has 11 heteroatoms. The lowest BCUT2D eigenvalue weighted by Gasteiger charge is -2.30. The zero-order valence-electron chi connectivity index (χ0n) is 20.7. The van der Waals surface area contributed by atoms with Crippen LogP contribution in [0.4, 0.5) is 0 Å². The van der Waals surface area contributed by atoms with Crippen molar-refractivity contribution in [2.45, 2.75) is 76.5 Å². The molecular formula is C25H36N4O7. The van der Waals surface area contributed by atoms with Crippen molar-refractivity contribution in [1.82, 2.24) is 15.5 Å². The van der Waals surface area contributed by atoms with Crippen LogP contribution in [0.2, 0.25) is 0 Å². The maximum atomic E-state index is 13.4. The number of rotatable bonds is 13. The topological polar surface area (TPSA) is 179 Å². The molecule has 1 aromatic rings. The Morgan fingerprint density at radius 3 is 2.33 bits per heavy atom. The Morgan fingerprint density at radius 1 is 1.08 bits per heavy atom. The van der Waals surface area contributed by atoms with E-state index in [9.17, 15) is 29.1 Å². The first-order valence-corrected chi connectivity index (χ1v) is 12.2. The van der Waals surface area contributed by atoms with Crippen molar-refractivity contribution in [3.63, 3.8) is 0 Å². The smallest absolute Gasteiger partial charge is 0.326 e. The van der Waals surface area contributed by atoms with Gasteiger partial charge in [-0.25, -0.2) is 4.79 Å². The summed E-state index contributed by atoms with van der Waals surface area (Å²) in [5.41, 5.74) is 6.71. The van der Waals surface area contributed by atoms with Crippen molar-refractivity contribution in [2.24, 2.45) is 11.7 Å². The average Bonchev–Trinajstić information content (AvgIpc) is 3.35. The molecule has 1 heterocycles. The van der Waals surface area contributed by atoms with E-state index >= 15 is 0 Å². The third-order valence-corrected chi connectivity index (χ3v) is 6.56. The van der Waals surface area contributed by atoms with Crippen molar-refractivity contribution < 1.29 is 34.2 Å². The van der Waals surface area contributed by atoms with E-state index in [4.69, 9.17) is 10.8 Å². The van der Waals surface area contributed by atoms with Crippen molar-refractivity contribution in [3.8, 4) is 0 Å². The minimum absolute atomic E-state index is 0.0768. The van der Waals surface area contributed by atoms with Gasteiger partial charge in [0.05, 0.1) is 6.04 Å². The van der Waals surface area contributed by atoms with Crippen LogP contribution in [-0.4, -0.2) is 75.5 Å². The van der Waals surface area contributed by atoms with Crippen molar-refractivity contribution >= 4 is 29.7 Å². The fourth-order valence-electron chi connectivity index (χ4n) is 4.13. The quantitative estimate of drug-likeness (QED) is 0.258. The van der Waals surface area contributed by atoms with Crippen LogP contribution in [0.3, 0.4) is 0 Å². The third kappa shape index (κ3) is 8.04. The van der Waals surface area contributed by atoms with Crippen LogP contribution in [0.1, 0.15) is 51.5 Å².